The molecule has 1 amide bonds. The first-order chi connectivity index (χ1) is 9.29. The average Bonchev–Trinajstić information content (AvgIpc) is 3.23. The Labute approximate surface area is 114 Å². The Morgan fingerprint density at radius 3 is 3.00 bits per heavy atom. The number of hydrogen-bond acceptors (Lipinski definition) is 4. The number of carbonyl (C=O) groups is 1. The number of hydrogen-bond donors (Lipinski definition) is 3. The van der Waals surface area contributed by atoms with Crippen LogP contribution in [-0.2, 0) is 0 Å². The van der Waals surface area contributed by atoms with E-state index in [4.69, 9.17) is 0 Å². The highest BCUT2D eigenvalue weighted by atomic mass is 16.1. The van der Waals surface area contributed by atoms with Crippen LogP contribution in [0.2, 0.25) is 0 Å². The van der Waals surface area contributed by atoms with Gasteiger partial charge in [-0.15, -0.1) is 0 Å². The minimum Gasteiger partial charge on any atom is -0.385 e. The molecule has 1 saturated carbocycles. The van der Waals surface area contributed by atoms with Gasteiger partial charge in [0.2, 0.25) is 0 Å². The minimum absolute atomic E-state index is 0.124. The predicted molar refractivity (Wildman–Crippen MR) is 76.4 cm³/mol. The topological polar surface area (TPSA) is 66.1 Å². The second-order valence-electron chi connectivity index (χ2n) is 4.80. The molecule has 0 aromatic carbocycles. The lowest BCUT2D eigenvalue weighted by atomic mass is 10.3. The third-order valence-corrected chi connectivity index (χ3v) is 3.02. The summed E-state index contributed by atoms with van der Waals surface area (Å²) in [5, 5.41) is 9.53. The maximum absolute atomic E-state index is 11.6. The number of rotatable bonds is 8. The van der Waals surface area contributed by atoms with Gasteiger partial charge in [-0.1, -0.05) is 0 Å². The summed E-state index contributed by atoms with van der Waals surface area (Å²) in [6.07, 6.45) is 5.39. The molecule has 5 nitrogen and oxygen atoms in total. The van der Waals surface area contributed by atoms with Crippen molar-refractivity contribution >= 4 is 11.6 Å². The van der Waals surface area contributed by atoms with Crippen LogP contribution in [-0.4, -0.2) is 36.6 Å². The van der Waals surface area contributed by atoms with Gasteiger partial charge < -0.3 is 16.0 Å². The maximum atomic E-state index is 11.6. The van der Waals surface area contributed by atoms with E-state index in [2.05, 4.69) is 20.9 Å². The van der Waals surface area contributed by atoms with Crippen molar-refractivity contribution in [3.05, 3.63) is 24.0 Å². The SMILES string of the molecule is CCNC(=O)c1cc(NCCCNC2CC2)ccn1. The van der Waals surface area contributed by atoms with Crippen LogP contribution in [0.15, 0.2) is 18.3 Å². The Balaban J connectivity index is 1.72. The Morgan fingerprint density at radius 2 is 2.26 bits per heavy atom. The zero-order valence-electron chi connectivity index (χ0n) is 11.4. The summed E-state index contributed by atoms with van der Waals surface area (Å²) in [4.78, 5) is 15.7. The van der Waals surface area contributed by atoms with Crippen LogP contribution in [0, 0.1) is 0 Å². The van der Waals surface area contributed by atoms with E-state index in [1.54, 1.807) is 12.3 Å². The largest absolute Gasteiger partial charge is 0.385 e. The summed E-state index contributed by atoms with van der Waals surface area (Å²) in [6.45, 7) is 4.46. The number of aromatic nitrogens is 1. The van der Waals surface area contributed by atoms with Gasteiger partial charge in [-0.05, 0) is 44.9 Å². The molecule has 3 N–H and O–H groups in total. The fraction of sp³-hybridized carbons (Fsp3) is 0.571. The maximum Gasteiger partial charge on any atom is 0.269 e. The van der Waals surface area contributed by atoms with Crippen molar-refractivity contribution in [2.45, 2.75) is 32.2 Å². The highest BCUT2D eigenvalue weighted by molar-refractivity contribution is 5.93. The molecule has 0 radical (unpaired) electrons. The third-order valence-electron chi connectivity index (χ3n) is 3.02. The lowest BCUT2D eigenvalue weighted by Crippen LogP contribution is -2.24. The molecule has 19 heavy (non-hydrogen) atoms. The van der Waals surface area contributed by atoms with Gasteiger partial charge in [0.05, 0.1) is 0 Å². The Bertz CT molecular complexity index is 418. The van der Waals surface area contributed by atoms with Crippen molar-refractivity contribution < 1.29 is 4.79 Å². The highest BCUT2D eigenvalue weighted by Crippen LogP contribution is 2.18. The summed E-state index contributed by atoms with van der Waals surface area (Å²) in [7, 11) is 0. The van der Waals surface area contributed by atoms with Crippen molar-refractivity contribution in [2.75, 3.05) is 25.0 Å². The predicted octanol–water partition coefficient (Wildman–Crippen LogP) is 1.39. The zero-order chi connectivity index (χ0) is 13.5. The first kappa shape index (κ1) is 13.8. The monoisotopic (exact) mass is 262 g/mol. The molecule has 1 aliphatic carbocycles. The van der Waals surface area contributed by atoms with E-state index in [1.165, 1.54) is 12.8 Å². The van der Waals surface area contributed by atoms with Crippen molar-refractivity contribution in [3.63, 3.8) is 0 Å². The van der Waals surface area contributed by atoms with Crippen molar-refractivity contribution in [3.8, 4) is 0 Å². The van der Waals surface area contributed by atoms with Gasteiger partial charge in [-0.3, -0.25) is 9.78 Å². The summed E-state index contributed by atoms with van der Waals surface area (Å²) in [6, 6.07) is 4.45. The van der Waals surface area contributed by atoms with E-state index in [1.807, 2.05) is 13.0 Å². The lowest BCUT2D eigenvalue weighted by Gasteiger charge is -2.08. The van der Waals surface area contributed by atoms with Gasteiger partial charge in [0, 0.05) is 31.0 Å². The molecule has 1 fully saturated rings. The molecule has 1 aromatic heterocycles. The van der Waals surface area contributed by atoms with E-state index >= 15 is 0 Å². The number of nitrogens with one attached hydrogen (secondary N) is 3. The fourth-order valence-corrected chi connectivity index (χ4v) is 1.83. The van der Waals surface area contributed by atoms with Crippen molar-refractivity contribution in [1.29, 1.82) is 0 Å². The van der Waals surface area contributed by atoms with E-state index in [-0.39, 0.29) is 5.91 Å². The quantitative estimate of drug-likeness (QED) is 0.619. The molecule has 1 heterocycles. The Kier molecular flexibility index (Phi) is 5.15. The lowest BCUT2D eigenvalue weighted by molar-refractivity contribution is 0.0951. The first-order valence-corrected chi connectivity index (χ1v) is 7.01. The number of nitrogens with zero attached hydrogens (tertiary/aromatic N) is 1. The molecule has 0 spiro atoms. The summed E-state index contributed by atoms with van der Waals surface area (Å²) >= 11 is 0. The third kappa shape index (κ3) is 4.87. The molecule has 0 saturated heterocycles. The number of carbonyl (C=O) groups excluding carboxylic acids is 1. The van der Waals surface area contributed by atoms with E-state index < -0.39 is 0 Å². The normalized spacial score (nSPS) is 14.2. The minimum atomic E-state index is -0.124. The second-order valence-corrected chi connectivity index (χ2v) is 4.80. The molecule has 5 heteroatoms. The number of anilines is 1. The van der Waals surface area contributed by atoms with E-state index in [0.29, 0.717) is 12.2 Å². The molecule has 0 aliphatic heterocycles. The molecule has 0 unspecified atom stereocenters. The van der Waals surface area contributed by atoms with Gasteiger partial charge in [-0.25, -0.2) is 0 Å². The molecular formula is C14H22N4O. The van der Waals surface area contributed by atoms with Gasteiger partial charge in [0.25, 0.3) is 5.91 Å². The van der Waals surface area contributed by atoms with Gasteiger partial charge in [0.15, 0.2) is 0 Å². The van der Waals surface area contributed by atoms with Crippen LogP contribution in [0.1, 0.15) is 36.7 Å². The average molecular weight is 262 g/mol. The molecule has 104 valence electrons. The smallest absolute Gasteiger partial charge is 0.269 e. The summed E-state index contributed by atoms with van der Waals surface area (Å²) in [5.41, 5.74) is 1.41. The number of amides is 1. The molecule has 2 rings (SSSR count). The van der Waals surface area contributed by atoms with Crippen LogP contribution in [0.4, 0.5) is 5.69 Å². The van der Waals surface area contributed by atoms with Crippen LogP contribution in [0.25, 0.3) is 0 Å². The van der Waals surface area contributed by atoms with Crippen LogP contribution >= 0.6 is 0 Å². The van der Waals surface area contributed by atoms with Gasteiger partial charge >= 0.3 is 0 Å². The van der Waals surface area contributed by atoms with E-state index in [9.17, 15) is 4.79 Å². The van der Waals surface area contributed by atoms with Crippen molar-refractivity contribution in [1.82, 2.24) is 15.6 Å². The molecule has 0 atom stereocenters. The Hall–Kier alpha value is -1.62. The van der Waals surface area contributed by atoms with E-state index in [0.717, 1.165) is 31.2 Å². The standard InChI is InChI=1S/C14H22N4O/c1-2-15-14(19)13-10-12(6-9-18-13)17-8-3-7-16-11-4-5-11/h6,9-11,16H,2-5,7-8H2,1H3,(H,15,19)(H,17,18). The van der Waals surface area contributed by atoms with Crippen LogP contribution in [0.3, 0.4) is 0 Å². The van der Waals surface area contributed by atoms with Crippen molar-refractivity contribution in [2.24, 2.45) is 0 Å². The van der Waals surface area contributed by atoms with Crippen LogP contribution in [0.5, 0.6) is 0 Å². The van der Waals surface area contributed by atoms with Gasteiger partial charge in [-0.2, -0.15) is 0 Å². The molecule has 0 bridgehead atoms. The molecular weight excluding hydrogens is 240 g/mol. The van der Waals surface area contributed by atoms with Crippen LogP contribution < -0.4 is 16.0 Å². The summed E-state index contributed by atoms with van der Waals surface area (Å²) < 4.78 is 0. The molecule has 1 aromatic rings. The molecule has 1 aliphatic rings. The van der Waals surface area contributed by atoms with Gasteiger partial charge in [0.1, 0.15) is 5.69 Å². The first-order valence-electron chi connectivity index (χ1n) is 7.01. The summed E-state index contributed by atoms with van der Waals surface area (Å²) in [5.74, 6) is -0.124. The Morgan fingerprint density at radius 1 is 1.42 bits per heavy atom. The second kappa shape index (κ2) is 7.09. The number of pyridine rings is 1. The zero-order valence-corrected chi connectivity index (χ0v) is 11.4. The highest BCUT2D eigenvalue weighted by Gasteiger charge is 2.19. The fourth-order valence-electron chi connectivity index (χ4n) is 1.83.